The molecule has 0 aromatic heterocycles. The Morgan fingerprint density at radius 2 is 1.91 bits per heavy atom. The molecule has 4 heteroatoms. The topological polar surface area (TPSA) is 27.7 Å². The molecule has 0 spiro atoms. The normalized spacial score (nSPS) is 13.4. The fourth-order valence-corrected chi connectivity index (χ4v) is 0.961. The van der Waals surface area contributed by atoms with Crippen LogP contribution in [0.1, 0.15) is 13.3 Å². The van der Waals surface area contributed by atoms with E-state index in [0.29, 0.717) is 13.2 Å². The summed E-state index contributed by atoms with van der Waals surface area (Å²) in [4.78, 5) is 0. The molecule has 0 aliphatic heterocycles. The summed E-state index contributed by atoms with van der Waals surface area (Å²) in [5, 5.41) is 0. The third kappa shape index (κ3) is 8.21. The molecular formula is C7H17O3P. The molecule has 0 N–H and O–H groups in total. The van der Waals surface area contributed by atoms with Gasteiger partial charge in [-0.15, -0.1) is 0 Å². The van der Waals surface area contributed by atoms with E-state index in [2.05, 4.69) is 6.92 Å². The van der Waals surface area contributed by atoms with Crippen LogP contribution in [-0.4, -0.2) is 33.6 Å². The minimum atomic E-state index is -0.679. The Morgan fingerprint density at radius 1 is 1.18 bits per heavy atom. The van der Waals surface area contributed by atoms with E-state index in [0.717, 1.165) is 13.0 Å². The monoisotopic (exact) mass is 180 g/mol. The molecule has 0 radical (unpaired) electrons. The van der Waals surface area contributed by atoms with Crippen LogP contribution < -0.4 is 0 Å². The first-order chi connectivity index (χ1) is 5.31. The highest BCUT2D eigenvalue weighted by Crippen LogP contribution is 2.30. The quantitative estimate of drug-likeness (QED) is 0.443. The largest absolute Gasteiger partial charge is 0.379 e. The van der Waals surface area contributed by atoms with Gasteiger partial charge in [0.15, 0.2) is 8.38 Å². The number of rotatable bonds is 7. The van der Waals surface area contributed by atoms with E-state index >= 15 is 0 Å². The van der Waals surface area contributed by atoms with Crippen molar-refractivity contribution in [3.05, 3.63) is 0 Å². The summed E-state index contributed by atoms with van der Waals surface area (Å²) >= 11 is 0. The van der Waals surface area contributed by atoms with Crippen LogP contribution in [0.2, 0.25) is 0 Å². The van der Waals surface area contributed by atoms with Gasteiger partial charge in [-0.1, -0.05) is 6.92 Å². The van der Waals surface area contributed by atoms with Gasteiger partial charge in [0.2, 0.25) is 0 Å². The number of hydrogen-bond donors (Lipinski definition) is 0. The van der Waals surface area contributed by atoms with Crippen LogP contribution in [-0.2, 0) is 13.8 Å². The van der Waals surface area contributed by atoms with Crippen LogP contribution in [0.25, 0.3) is 0 Å². The van der Waals surface area contributed by atoms with E-state index in [9.17, 15) is 0 Å². The van der Waals surface area contributed by atoms with Gasteiger partial charge in [-0.2, -0.15) is 0 Å². The van der Waals surface area contributed by atoms with Crippen LogP contribution in [0.5, 0.6) is 0 Å². The van der Waals surface area contributed by atoms with Gasteiger partial charge in [-0.25, -0.2) is 0 Å². The second-order valence-electron chi connectivity index (χ2n) is 2.07. The van der Waals surface area contributed by atoms with Crippen molar-refractivity contribution in [1.29, 1.82) is 0 Å². The van der Waals surface area contributed by atoms with Gasteiger partial charge < -0.3 is 13.8 Å². The molecule has 0 saturated carbocycles. The predicted molar refractivity (Wildman–Crippen MR) is 46.9 cm³/mol. The van der Waals surface area contributed by atoms with Crippen LogP contribution >= 0.6 is 8.38 Å². The predicted octanol–water partition coefficient (Wildman–Crippen LogP) is 2.02. The van der Waals surface area contributed by atoms with Gasteiger partial charge in [0.25, 0.3) is 0 Å². The molecule has 0 saturated heterocycles. The smallest absolute Gasteiger partial charge is 0.166 e. The Hall–Kier alpha value is 0.310. The molecule has 3 nitrogen and oxygen atoms in total. The Labute approximate surface area is 69.9 Å². The van der Waals surface area contributed by atoms with Crippen molar-refractivity contribution in [2.24, 2.45) is 0 Å². The highest BCUT2D eigenvalue weighted by atomic mass is 31.2. The molecule has 1 atom stereocenters. The number of ether oxygens (including phenoxy) is 1. The zero-order valence-electron chi connectivity index (χ0n) is 7.50. The van der Waals surface area contributed by atoms with Crippen molar-refractivity contribution in [3.8, 4) is 0 Å². The Bertz CT molecular complexity index is 80.1. The third-order valence-corrected chi connectivity index (χ3v) is 2.17. The molecule has 0 aromatic rings. The lowest BCUT2D eigenvalue weighted by atomic mass is 10.5. The van der Waals surface area contributed by atoms with Crippen LogP contribution in [0.15, 0.2) is 0 Å². The summed E-state index contributed by atoms with van der Waals surface area (Å²) in [6, 6.07) is 0. The van der Waals surface area contributed by atoms with Crippen molar-refractivity contribution in [3.63, 3.8) is 0 Å². The van der Waals surface area contributed by atoms with Crippen LogP contribution in [0.3, 0.4) is 0 Å². The van der Waals surface area contributed by atoms with E-state index in [1.165, 1.54) is 0 Å². The molecule has 0 bridgehead atoms. The minimum absolute atomic E-state index is 0.635. The van der Waals surface area contributed by atoms with Gasteiger partial charge in [-0.05, 0) is 6.42 Å². The van der Waals surface area contributed by atoms with Gasteiger partial charge in [0, 0.05) is 20.4 Å². The van der Waals surface area contributed by atoms with Gasteiger partial charge in [-0.3, -0.25) is 0 Å². The van der Waals surface area contributed by atoms with Crippen molar-refractivity contribution in [2.75, 3.05) is 33.6 Å². The fourth-order valence-electron chi connectivity index (χ4n) is 0.524. The highest BCUT2D eigenvalue weighted by Gasteiger charge is 1.97. The maximum Gasteiger partial charge on any atom is 0.166 e. The van der Waals surface area contributed by atoms with Crippen LogP contribution in [0.4, 0.5) is 0 Å². The second kappa shape index (κ2) is 8.41. The maximum absolute atomic E-state index is 5.26. The first kappa shape index (κ1) is 11.3. The number of hydrogen-bond acceptors (Lipinski definition) is 3. The molecule has 11 heavy (non-hydrogen) atoms. The molecule has 1 unspecified atom stereocenters. The average molecular weight is 180 g/mol. The zero-order valence-corrected chi connectivity index (χ0v) is 8.39. The second-order valence-corrected chi connectivity index (χ2v) is 3.57. The summed E-state index contributed by atoms with van der Waals surface area (Å²) in [7, 11) is 0.972. The van der Waals surface area contributed by atoms with Crippen molar-refractivity contribution < 1.29 is 13.8 Å². The van der Waals surface area contributed by atoms with Crippen molar-refractivity contribution >= 4 is 8.38 Å². The van der Waals surface area contributed by atoms with E-state index in [4.69, 9.17) is 13.8 Å². The SMILES string of the molecule is CCCOCCOP(C)OC. The van der Waals surface area contributed by atoms with Gasteiger partial charge >= 0.3 is 0 Å². The molecule has 0 heterocycles. The highest BCUT2D eigenvalue weighted by molar-refractivity contribution is 7.46. The van der Waals surface area contributed by atoms with E-state index in [1.807, 2.05) is 6.66 Å². The molecule has 0 aliphatic carbocycles. The lowest BCUT2D eigenvalue weighted by molar-refractivity contribution is 0.100. The molecular weight excluding hydrogens is 163 g/mol. The summed E-state index contributed by atoms with van der Waals surface area (Å²) in [6.45, 7) is 6.13. The Kier molecular flexibility index (Phi) is 8.64. The lowest BCUT2D eigenvalue weighted by Gasteiger charge is -2.09. The molecule has 0 aliphatic rings. The Morgan fingerprint density at radius 3 is 2.45 bits per heavy atom. The van der Waals surface area contributed by atoms with Crippen molar-refractivity contribution in [1.82, 2.24) is 0 Å². The molecule has 0 aromatic carbocycles. The molecule has 0 rings (SSSR count). The summed E-state index contributed by atoms with van der Waals surface area (Å²) in [6.07, 6.45) is 1.06. The molecule has 0 amide bonds. The minimum Gasteiger partial charge on any atom is -0.379 e. The summed E-state index contributed by atoms with van der Waals surface area (Å²) in [5.74, 6) is 0. The maximum atomic E-state index is 5.26. The fraction of sp³-hybridized carbons (Fsp3) is 1.00. The third-order valence-electron chi connectivity index (χ3n) is 1.11. The lowest BCUT2D eigenvalue weighted by Crippen LogP contribution is -2.02. The Balaban J connectivity index is 2.89. The standard InChI is InChI=1S/C7H17O3P/c1-4-5-9-6-7-10-11(3)8-2/h4-7H2,1-3H3. The van der Waals surface area contributed by atoms with Crippen LogP contribution in [0, 0.1) is 0 Å². The van der Waals surface area contributed by atoms with E-state index in [-0.39, 0.29) is 0 Å². The summed E-state index contributed by atoms with van der Waals surface area (Å²) in [5.41, 5.74) is 0. The molecule has 0 fully saturated rings. The first-order valence-corrected chi connectivity index (χ1v) is 5.42. The first-order valence-electron chi connectivity index (χ1n) is 3.79. The van der Waals surface area contributed by atoms with Gasteiger partial charge in [0.05, 0.1) is 13.2 Å². The van der Waals surface area contributed by atoms with E-state index < -0.39 is 8.38 Å². The van der Waals surface area contributed by atoms with Gasteiger partial charge in [0.1, 0.15) is 0 Å². The molecule has 68 valence electrons. The summed E-state index contributed by atoms with van der Waals surface area (Å²) < 4.78 is 15.4. The average Bonchev–Trinajstić information content (AvgIpc) is 2.04. The van der Waals surface area contributed by atoms with E-state index in [1.54, 1.807) is 7.11 Å². The van der Waals surface area contributed by atoms with Crippen molar-refractivity contribution in [2.45, 2.75) is 13.3 Å². The zero-order chi connectivity index (χ0) is 8.53.